The van der Waals surface area contributed by atoms with Crippen molar-refractivity contribution in [1.82, 2.24) is 0 Å². The topological polar surface area (TPSA) is 112 Å². The molecule has 1 aromatic carbocycles. The number of carbonyl (C=O) groups excluding carboxylic acids is 2. The quantitative estimate of drug-likeness (QED) is 0.535. The van der Waals surface area contributed by atoms with E-state index in [4.69, 9.17) is 18.9 Å². The monoisotopic (exact) mass is 418 g/mol. The van der Waals surface area contributed by atoms with Crippen molar-refractivity contribution < 1.29 is 38.7 Å². The Labute approximate surface area is 175 Å². The van der Waals surface area contributed by atoms with Gasteiger partial charge in [-0.25, -0.2) is 0 Å². The molecular formula is C22H26O8. The number of Topliss-reactive ketones (excluding diaryl/α,β-unsaturated/α-hetero) is 2. The van der Waals surface area contributed by atoms with Crippen LogP contribution in [0.1, 0.15) is 18.1 Å². The molecule has 0 radical (unpaired) electrons. The first-order chi connectivity index (χ1) is 14.2. The standard InChI is InChI=1S/C11H14O4.C11H12O4/c2*1-5-7-6(2)8(12)10(14-3)11(15-4)9(7)13/h5,12-13H,1H2,2-4H3;5H,1H2,2-4H3. The maximum Gasteiger partial charge on any atom is 0.231 e. The Bertz CT molecular complexity index is 951. The lowest BCUT2D eigenvalue weighted by molar-refractivity contribution is -0.120. The van der Waals surface area contributed by atoms with Gasteiger partial charge < -0.3 is 29.2 Å². The fourth-order valence-corrected chi connectivity index (χ4v) is 2.85. The van der Waals surface area contributed by atoms with E-state index in [2.05, 4.69) is 13.2 Å². The summed E-state index contributed by atoms with van der Waals surface area (Å²) in [5.74, 6) is -0.741. The van der Waals surface area contributed by atoms with Gasteiger partial charge in [0.2, 0.25) is 34.6 Å². The molecule has 0 aliphatic heterocycles. The molecule has 0 saturated heterocycles. The van der Waals surface area contributed by atoms with E-state index in [0.717, 1.165) is 0 Å². The number of hydrogen-bond acceptors (Lipinski definition) is 8. The smallest absolute Gasteiger partial charge is 0.231 e. The van der Waals surface area contributed by atoms with E-state index < -0.39 is 0 Å². The predicted octanol–water partition coefficient (Wildman–Crippen LogP) is 3.21. The van der Waals surface area contributed by atoms with Gasteiger partial charge >= 0.3 is 0 Å². The van der Waals surface area contributed by atoms with Crippen molar-refractivity contribution in [2.24, 2.45) is 0 Å². The van der Waals surface area contributed by atoms with Gasteiger partial charge in [-0.3, -0.25) is 9.59 Å². The van der Waals surface area contributed by atoms with Gasteiger partial charge in [0.15, 0.2) is 11.5 Å². The third-order valence-corrected chi connectivity index (χ3v) is 4.48. The SMILES string of the molecule is C=CC1=C(C)C(=O)C(OC)=C(OC)C1=O.C=Cc1c(C)c(O)c(OC)c(OC)c1O. The summed E-state index contributed by atoms with van der Waals surface area (Å²) in [6.45, 7) is 10.3. The summed E-state index contributed by atoms with van der Waals surface area (Å²) < 4.78 is 19.6. The Morgan fingerprint density at radius 3 is 1.60 bits per heavy atom. The highest BCUT2D eigenvalue weighted by atomic mass is 16.5. The van der Waals surface area contributed by atoms with E-state index in [0.29, 0.717) is 16.7 Å². The third-order valence-electron chi connectivity index (χ3n) is 4.48. The molecule has 30 heavy (non-hydrogen) atoms. The number of ether oxygens (including phenoxy) is 4. The molecule has 0 atom stereocenters. The zero-order chi connectivity index (χ0) is 23.2. The molecular weight excluding hydrogens is 392 g/mol. The van der Waals surface area contributed by atoms with E-state index in [1.807, 2.05) is 0 Å². The lowest BCUT2D eigenvalue weighted by atomic mass is 9.93. The van der Waals surface area contributed by atoms with Crippen LogP contribution in [0, 0.1) is 6.92 Å². The second-order valence-electron chi connectivity index (χ2n) is 5.97. The van der Waals surface area contributed by atoms with Gasteiger partial charge in [0.1, 0.15) is 0 Å². The average Bonchev–Trinajstić information content (AvgIpc) is 2.74. The number of carbonyl (C=O) groups is 2. The van der Waals surface area contributed by atoms with Crippen molar-refractivity contribution in [2.75, 3.05) is 28.4 Å². The largest absolute Gasteiger partial charge is 0.504 e. The highest BCUT2D eigenvalue weighted by Gasteiger charge is 2.33. The molecule has 2 rings (SSSR count). The van der Waals surface area contributed by atoms with Gasteiger partial charge in [0, 0.05) is 22.3 Å². The minimum Gasteiger partial charge on any atom is -0.504 e. The van der Waals surface area contributed by atoms with Gasteiger partial charge in [-0.2, -0.15) is 0 Å². The predicted molar refractivity (Wildman–Crippen MR) is 112 cm³/mol. The van der Waals surface area contributed by atoms with E-state index in [1.165, 1.54) is 40.6 Å². The number of aromatic hydroxyl groups is 2. The highest BCUT2D eigenvalue weighted by Crippen LogP contribution is 2.48. The summed E-state index contributed by atoms with van der Waals surface area (Å²) in [5.41, 5.74) is 1.52. The van der Waals surface area contributed by atoms with Crippen LogP contribution in [0.3, 0.4) is 0 Å². The van der Waals surface area contributed by atoms with Gasteiger partial charge in [-0.15, -0.1) is 0 Å². The van der Waals surface area contributed by atoms with Crippen LogP contribution in [0.15, 0.2) is 41.9 Å². The highest BCUT2D eigenvalue weighted by molar-refractivity contribution is 6.24. The Balaban J connectivity index is 0.000000300. The number of methoxy groups -OCH3 is 4. The van der Waals surface area contributed by atoms with E-state index in [1.54, 1.807) is 13.8 Å². The first-order valence-corrected chi connectivity index (χ1v) is 8.70. The van der Waals surface area contributed by atoms with Crippen LogP contribution in [0.5, 0.6) is 23.0 Å². The summed E-state index contributed by atoms with van der Waals surface area (Å²) in [5, 5.41) is 19.6. The summed E-state index contributed by atoms with van der Waals surface area (Å²) in [4.78, 5) is 23.5. The van der Waals surface area contributed by atoms with Crippen molar-refractivity contribution in [3.8, 4) is 23.0 Å². The molecule has 0 bridgehead atoms. The third kappa shape index (κ3) is 4.17. The Hall–Kier alpha value is -3.68. The molecule has 8 heteroatoms. The van der Waals surface area contributed by atoms with Crippen LogP contribution in [-0.4, -0.2) is 50.2 Å². The molecule has 162 valence electrons. The Kier molecular flexibility index (Phi) is 8.28. The first-order valence-electron chi connectivity index (χ1n) is 8.70. The van der Waals surface area contributed by atoms with Crippen molar-refractivity contribution >= 4 is 17.6 Å². The van der Waals surface area contributed by atoms with Crippen molar-refractivity contribution in [1.29, 1.82) is 0 Å². The molecule has 0 amide bonds. The number of phenolic OH excluding ortho intramolecular Hbond substituents is 2. The molecule has 0 fully saturated rings. The van der Waals surface area contributed by atoms with Crippen LogP contribution in [-0.2, 0) is 19.1 Å². The van der Waals surface area contributed by atoms with Crippen molar-refractivity contribution in [2.45, 2.75) is 13.8 Å². The molecule has 0 saturated carbocycles. The van der Waals surface area contributed by atoms with Crippen LogP contribution in [0.4, 0.5) is 0 Å². The lowest BCUT2D eigenvalue weighted by Crippen LogP contribution is -2.24. The number of benzene rings is 1. The lowest BCUT2D eigenvalue weighted by Gasteiger charge is -2.18. The zero-order valence-electron chi connectivity index (χ0n) is 17.9. The summed E-state index contributed by atoms with van der Waals surface area (Å²) in [7, 11) is 5.43. The van der Waals surface area contributed by atoms with Crippen LogP contribution in [0.25, 0.3) is 6.08 Å². The first kappa shape index (κ1) is 24.4. The fraction of sp³-hybridized carbons (Fsp3) is 0.273. The fourth-order valence-electron chi connectivity index (χ4n) is 2.85. The summed E-state index contributed by atoms with van der Waals surface area (Å²) in [6.07, 6.45) is 2.80. The van der Waals surface area contributed by atoms with Crippen molar-refractivity contribution in [3.63, 3.8) is 0 Å². The number of hydrogen-bond donors (Lipinski definition) is 2. The van der Waals surface area contributed by atoms with Crippen LogP contribution < -0.4 is 9.47 Å². The second-order valence-corrected chi connectivity index (χ2v) is 5.97. The maximum atomic E-state index is 11.8. The van der Waals surface area contributed by atoms with Crippen molar-refractivity contribution in [3.05, 3.63) is 53.0 Å². The summed E-state index contributed by atoms with van der Waals surface area (Å²) in [6, 6.07) is 0. The molecule has 0 unspecified atom stereocenters. The van der Waals surface area contributed by atoms with Crippen LogP contribution >= 0.6 is 0 Å². The molecule has 0 heterocycles. The molecule has 1 aliphatic carbocycles. The minimum atomic E-state index is -0.374. The van der Waals surface area contributed by atoms with Gasteiger partial charge in [0.05, 0.1) is 28.4 Å². The molecule has 0 aromatic heterocycles. The normalized spacial score (nSPS) is 13.4. The molecule has 8 nitrogen and oxygen atoms in total. The van der Waals surface area contributed by atoms with Gasteiger partial charge in [-0.1, -0.05) is 25.3 Å². The number of allylic oxidation sites excluding steroid dienone is 3. The van der Waals surface area contributed by atoms with E-state index >= 15 is 0 Å². The zero-order valence-corrected chi connectivity index (χ0v) is 17.9. The Morgan fingerprint density at radius 1 is 0.733 bits per heavy atom. The summed E-state index contributed by atoms with van der Waals surface area (Å²) >= 11 is 0. The number of ketones is 2. The van der Waals surface area contributed by atoms with E-state index in [9.17, 15) is 19.8 Å². The Morgan fingerprint density at radius 2 is 1.20 bits per heavy atom. The average molecular weight is 418 g/mol. The number of rotatable bonds is 6. The molecule has 2 N–H and O–H groups in total. The minimum absolute atomic E-state index is 0.0504. The van der Waals surface area contributed by atoms with Gasteiger partial charge in [-0.05, 0) is 13.8 Å². The maximum absolute atomic E-state index is 11.8. The second kappa shape index (κ2) is 10.2. The molecule has 0 spiro atoms. The number of phenols is 2. The molecule has 1 aromatic rings. The van der Waals surface area contributed by atoms with Crippen LogP contribution in [0.2, 0.25) is 0 Å². The van der Waals surface area contributed by atoms with E-state index in [-0.39, 0.29) is 51.7 Å². The van der Waals surface area contributed by atoms with Gasteiger partial charge in [0.25, 0.3) is 0 Å². The molecule has 1 aliphatic rings.